The number of carbonyl (C=O) groups excluding carboxylic acids is 2. The van der Waals surface area contributed by atoms with Crippen LogP contribution in [0.25, 0.3) is 0 Å². The van der Waals surface area contributed by atoms with E-state index in [0.29, 0.717) is 17.4 Å². The highest BCUT2D eigenvalue weighted by Crippen LogP contribution is 2.38. The van der Waals surface area contributed by atoms with Crippen LogP contribution in [0.1, 0.15) is 33.1 Å². The molecule has 0 heterocycles. The predicted octanol–water partition coefficient (Wildman–Crippen LogP) is 0.859. The number of hydrogen-bond acceptors (Lipinski definition) is 8. The molecule has 10 heteroatoms. The van der Waals surface area contributed by atoms with Gasteiger partial charge in [-0.15, -0.1) is 0 Å². The van der Waals surface area contributed by atoms with Crippen LogP contribution in [0.2, 0.25) is 0 Å². The van der Waals surface area contributed by atoms with Gasteiger partial charge in [0.15, 0.2) is 6.10 Å². The summed E-state index contributed by atoms with van der Waals surface area (Å²) in [5.41, 5.74) is 0. The zero-order valence-electron chi connectivity index (χ0n) is 15.7. The lowest BCUT2D eigenvalue weighted by Crippen LogP contribution is -2.37. The van der Waals surface area contributed by atoms with Crippen molar-refractivity contribution in [2.75, 3.05) is 47.5 Å². The Bertz CT molecular complexity index is 463. The van der Waals surface area contributed by atoms with E-state index >= 15 is 0 Å². The number of quaternary nitrogens is 1. The molecule has 25 heavy (non-hydrogen) atoms. The van der Waals surface area contributed by atoms with Crippen LogP contribution in [0.15, 0.2) is 0 Å². The van der Waals surface area contributed by atoms with Gasteiger partial charge in [-0.05, 0) is 6.42 Å². The van der Waals surface area contributed by atoms with Gasteiger partial charge < -0.3 is 27.9 Å². The molecule has 0 N–H and O–H groups in total. The smallest absolute Gasteiger partial charge is 0.306 e. The summed E-state index contributed by atoms with van der Waals surface area (Å²) < 4.78 is 31.8. The largest absolute Gasteiger partial charge is 0.756 e. The maximum atomic E-state index is 11.8. The number of phosphoric acid groups is 1. The number of nitrogens with zero attached hydrogens (tertiary/aromatic N) is 1. The summed E-state index contributed by atoms with van der Waals surface area (Å²) in [6, 6.07) is 0. The second-order valence-corrected chi connectivity index (χ2v) is 7.90. The van der Waals surface area contributed by atoms with E-state index in [1.807, 2.05) is 21.1 Å². The highest BCUT2D eigenvalue weighted by atomic mass is 31.2. The SMILES string of the molecule is CCCC(=O)OC(COC(=O)CC)COP(=O)([O-])OCC[N+](C)(C)C. The van der Waals surface area contributed by atoms with Crippen LogP contribution >= 0.6 is 7.82 Å². The fraction of sp³-hybridized carbons (Fsp3) is 0.867. The third-order valence-electron chi connectivity index (χ3n) is 2.90. The number of ether oxygens (including phenoxy) is 2. The van der Waals surface area contributed by atoms with Gasteiger partial charge in [-0.3, -0.25) is 14.2 Å². The number of likely N-dealkylation sites (N-methyl/N-ethyl adjacent to an activating group) is 1. The van der Waals surface area contributed by atoms with E-state index in [4.69, 9.17) is 18.5 Å². The zero-order valence-corrected chi connectivity index (χ0v) is 16.6. The molecule has 0 bridgehead atoms. The minimum Gasteiger partial charge on any atom is -0.756 e. The van der Waals surface area contributed by atoms with E-state index in [9.17, 15) is 19.0 Å². The first-order valence-corrected chi connectivity index (χ1v) is 9.70. The van der Waals surface area contributed by atoms with Gasteiger partial charge >= 0.3 is 11.9 Å². The molecule has 2 unspecified atom stereocenters. The standard InChI is InChI=1S/C15H30NO8P/c1-6-8-15(18)24-13(11-21-14(17)7-2)12-23-25(19,20)22-10-9-16(3,4)5/h13H,6-12H2,1-5H3. The van der Waals surface area contributed by atoms with E-state index in [-0.39, 0.29) is 26.1 Å². The number of carbonyl (C=O) groups is 2. The van der Waals surface area contributed by atoms with Gasteiger partial charge in [-0.2, -0.15) is 0 Å². The number of hydrogen-bond donors (Lipinski definition) is 0. The molecule has 0 aliphatic carbocycles. The van der Waals surface area contributed by atoms with E-state index in [2.05, 4.69) is 0 Å². The third kappa shape index (κ3) is 13.9. The van der Waals surface area contributed by atoms with E-state index in [1.54, 1.807) is 13.8 Å². The Morgan fingerprint density at radius 1 is 1.08 bits per heavy atom. The van der Waals surface area contributed by atoms with Gasteiger partial charge in [0.05, 0.1) is 27.7 Å². The zero-order chi connectivity index (χ0) is 19.5. The first kappa shape index (κ1) is 24.0. The highest BCUT2D eigenvalue weighted by Gasteiger charge is 2.21. The van der Waals surface area contributed by atoms with Crippen molar-refractivity contribution in [3.05, 3.63) is 0 Å². The van der Waals surface area contributed by atoms with Gasteiger partial charge in [0.25, 0.3) is 7.82 Å². The first-order valence-electron chi connectivity index (χ1n) is 8.24. The summed E-state index contributed by atoms with van der Waals surface area (Å²) in [4.78, 5) is 34.5. The molecule has 0 rings (SSSR count). The van der Waals surface area contributed by atoms with Crippen LogP contribution < -0.4 is 4.89 Å². The average Bonchev–Trinajstić information content (AvgIpc) is 2.48. The van der Waals surface area contributed by atoms with E-state index in [0.717, 1.165) is 0 Å². The maximum Gasteiger partial charge on any atom is 0.306 e. The minimum atomic E-state index is -4.54. The maximum absolute atomic E-state index is 11.8. The summed E-state index contributed by atoms with van der Waals surface area (Å²) in [5.74, 6) is -1.00. The molecule has 148 valence electrons. The molecule has 0 radical (unpaired) electrons. The summed E-state index contributed by atoms with van der Waals surface area (Å²) in [6.45, 7) is 3.11. The van der Waals surface area contributed by atoms with Crippen LogP contribution in [0.4, 0.5) is 0 Å². The fourth-order valence-electron chi connectivity index (χ4n) is 1.49. The highest BCUT2D eigenvalue weighted by molar-refractivity contribution is 7.45. The lowest BCUT2D eigenvalue weighted by atomic mass is 10.3. The molecule has 0 aromatic carbocycles. The van der Waals surface area contributed by atoms with Crippen molar-refractivity contribution >= 4 is 19.8 Å². The molecule has 0 aliphatic heterocycles. The quantitative estimate of drug-likeness (QED) is 0.262. The van der Waals surface area contributed by atoms with Crippen LogP contribution in [0, 0.1) is 0 Å². The Morgan fingerprint density at radius 2 is 1.72 bits per heavy atom. The number of phosphoric ester groups is 1. The lowest BCUT2D eigenvalue weighted by molar-refractivity contribution is -0.870. The molecule has 9 nitrogen and oxygen atoms in total. The lowest BCUT2D eigenvalue weighted by Gasteiger charge is -2.28. The van der Waals surface area contributed by atoms with Crippen molar-refractivity contribution in [3.63, 3.8) is 0 Å². The molecule has 2 atom stereocenters. The molecule has 0 aliphatic rings. The normalized spacial score (nSPS) is 15.3. The van der Waals surface area contributed by atoms with Gasteiger partial charge in [-0.25, -0.2) is 0 Å². The Kier molecular flexibility index (Phi) is 11.1. The second kappa shape index (κ2) is 11.6. The van der Waals surface area contributed by atoms with Crippen LogP contribution in [0.5, 0.6) is 0 Å². The van der Waals surface area contributed by atoms with E-state index in [1.165, 1.54) is 0 Å². The van der Waals surface area contributed by atoms with Crippen molar-refractivity contribution in [1.82, 2.24) is 0 Å². The molecule has 0 saturated carbocycles. The molecular weight excluding hydrogens is 353 g/mol. The number of esters is 2. The predicted molar refractivity (Wildman–Crippen MR) is 88.4 cm³/mol. The molecule has 0 aromatic rings. The summed E-state index contributed by atoms with van der Waals surface area (Å²) in [6.07, 6.45) is -0.105. The molecule has 0 amide bonds. The van der Waals surface area contributed by atoms with Crippen LogP contribution in [-0.2, 0) is 32.7 Å². The first-order chi connectivity index (χ1) is 11.5. The van der Waals surface area contributed by atoms with Crippen molar-refractivity contribution in [1.29, 1.82) is 0 Å². The topological polar surface area (TPSA) is 111 Å². The molecule has 0 fully saturated rings. The summed E-state index contributed by atoms with van der Waals surface area (Å²) in [5, 5.41) is 0. The van der Waals surface area contributed by atoms with Gasteiger partial charge in [0, 0.05) is 12.8 Å². The number of rotatable bonds is 13. The monoisotopic (exact) mass is 383 g/mol. The Morgan fingerprint density at radius 3 is 2.24 bits per heavy atom. The fourth-order valence-corrected chi connectivity index (χ4v) is 2.22. The van der Waals surface area contributed by atoms with Gasteiger partial charge in [0.2, 0.25) is 0 Å². The molecule has 0 saturated heterocycles. The van der Waals surface area contributed by atoms with Crippen molar-refractivity contribution in [2.24, 2.45) is 0 Å². The average molecular weight is 383 g/mol. The summed E-state index contributed by atoms with van der Waals surface area (Å²) in [7, 11) is 1.14. The second-order valence-electron chi connectivity index (χ2n) is 6.49. The van der Waals surface area contributed by atoms with Gasteiger partial charge in [-0.1, -0.05) is 13.8 Å². The molecule has 0 aromatic heterocycles. The van der Waals surface area contributed by atoms with Crippen molar-refractivity contribution in [3.8, 4) is 0 Å². The van der Waals surface area contributed by atoms with Crippen LogP contribution in [-0.4, -0.2) is 70.0 Å². The van der Waals surface area contributed by atoms with Crippen molar-refractivity contribution < 1.29 is 42.1 Å². The summed E-state index contributed by atoms with van der Waals surface area (Å²) >= 11 is 0. The van der Waals surface area contributed by atoms with Crippen molar-refractivity contribution in [2.45, 2.75) is 39.2 Å². The minimum absolute atomic E-state index is 0.0324. The van der Waals surface area contributed by atoms with Gasteiger partial charge in [0.1, 0.15) is 19.8 Å². The third-order valence-corrected chi connectivity index (χ3v) is 3.87. The Balaban J connectivity index is 4.52. The Labute approximate surface area is 149 Å². The van der Waals surface area contributed by atoms with Crippen LogP contribution in [0.3, 0.4) is 0 Å². The Hall–Kier alpha value is -0.990. The molecular formula is C15H30NO8P. The molecule has 0 spiro atoms. The van der Waals surface area contributed by atoms with E-state index < -0.39 is 32.5 Å².